The van der Waals surface area contributed by atoms with Gasteiger partial charge < -0.3 is 34.5 Å². The van der Waals surface area contributed by atoms with Gasteiger partial charge in [0, 0.05) is 11.1 Å². The lowest BCUT2D eigenvalue weighted by molar-refractivity contribution is -0.118. The molecule has 3 N–H and O–H groups in total. The minimum atomic E-state index is -0.649. The fourth-order valence-electron chi connectivity index (χ4n) is 3.44. The van der Waals surface area contributed by atoms with Crippen molar-refractivity contribution < 1.29 is 28.3 Å². The molecule has 3 aromatic rings. The molecule has 0 aliphatic heterocycles. The zero-order valence-corrected chi connectivity index (χ0v) is 20.8. The van der Waals surface area contributed by atoms with E-state index in [4.69, 9.17) is 29.2 Å². The van der Waals surface area contributed by atoms with Gasteiger partial charge in [-0.25, -0.2) is 0 Å². The van der Waals surface area contributed by atoms with Crippen LogP contribution in [0.15, 0.2) is 41.1 Å². The maximum absolute atomic E-state index is 12.5. The number of nitrogens with two attached hydrogens (primary N) is 1. The highest BCUT2D eigenvalue weighted by atomic mass is 35.5. The molecule has 0 spiro atoms. The average Bonchev–Trinajstić information content (AvgIpc) is 3.31. The van der Waals surface area contributed by atoms with E-state index in [1.807, 2.05) is 19.9 Å². The molecule has 1 heterocycles. The van der Waals surface area contributed by atoms with Gasteiger partial charge in [0.25, 0.3) is 0 Å². The quantitative estimate of drug-likeness (QED) is 0.452. The normalized spacial score (nSPS) is 11.4. The van der Waals surface area contributed by atoms with Gasteiger partial charge in [0.05, 0.1) is 51.9 Å². The van der Waals surface area contributed by atoms with Crippen LogP contribution in [0.1, 0.15) is 13.8 Å². The summed E-state index contributed by atoms with van der Waals surface area (Å²) in [5.41, 5.74) is 8.49. The van der Waals surface area contributed by atoms with E-state index in [0.717, 1.165) is 0 Å². The number of anilines is 1. The maximum Gasteiger partial charge on any atom is 0.241 e. The van der Waals surface area contributed by atoms with Crippen LogP contribution in [0.3, 0.4) is 0 Å². The Morgan fingerprint density at radius 1 is 0.971 bits per heavy atom. The van der Waals surface area contributed by atoms with Crippen molar-refractivity contribution in [2.75, 3.05) is 33.8 Å². The van der Waals surface area contributed by atoms with Crippen LogP contribution in [-0.4, -0.2) is 45.5 Å². The number of hydrogen-bond donors (Lipinski definition) is 2. The molecule has 1 unspecified atom stereocenters. The van der Waals surface area contributed by atoms with E-state index in [2.05, 4.69) is 10.5 Å². The first-order valence-electron chi connectivity index (χ1n) is 10.3. The molecule has 0 bridgehead atoms. The van der Waals surface area contributed by atoms with Gasteiger partial charge in [0.1, 0.15) is 5.75 Å². The Bertz CT molecular complexity index is 1110. The van der Waals surface area contributed by atoms with Crippen molar-refractivity contribution >= 4 is 24.0 Å². The van der Waals surface area contributed by atoms with Crippen molar-refractivity contribution in [2.45, 2.75) is 19.9 Å². The van der Waals surface area contributed by atoms with Crippen molar-refractivity contribution in [1.29, 1.82) is 0 Å². The Balaban J connectivity index is 0.00000408. The molecule has 1 aromatic heterocycles. The summed E-state index contributed by atoms with van der Waals surface area (Å²) < 4.78 is 27.6. The first kappa shape index (κ1) is 26.8. The number of hydrogen-bond acceptors (Lipinski definition) is 8. The summed E-state index contributed by atoms with van der Waals surface area (Å²) in [6.07, 6.45) is 1.59. The molecule has 34 heavy (non-hydrogen) atoms. The Morgan fingerprint density at radius 2 is 1.59 bits per heavy atom. The number of halogens is 1. The molecule has 2 aromatic carbocycles. The summed E-state index contributed by atoms with van der Waals surface area (Å²) in [6.45, 7) is 3.78. The molecule has 3 rings (SSSR count). The van der Waals surface area contributed by atoms with Crippen molar-refractivity contribution in [3.8, 4) is 45.4 Å². The van der Waals surface area contributed by atoms with Crippen molar-refractivity contribution in [3.05, 3.63) is 36.5 Å². The molecule has 0 radical (unpaired) electrons. The van der Waals surface area contributed by atoms with Gasteiger partial charge >= 0.3 is 0 Å². The van der Waals surface area contributed by atoms with Gasteiger partial charge in [-0.05, 0) is 24.1 Å². The van der Waals surface area contributed by atoms with E-state index < -0.39 is 6.04 Å². The fourth-order valence-corrected chi connectivity index (χ4v) is 3.44. The van der Waals surface area contributed by atoms with Crippen molar-refractivity contribution in [2.24, 2.45) is 11.7 Å². The summed E-state index contributed by atoms with van der Waals surface area (Å²) in [5.74, 6) is 2.04. The Morgan fingerprint density at radius 3 is 2.12 bits per heavy atom. The summed E-state index contributed by atoms with van der Waals surface area (Å²) in [6, 6.07) is 8.30. The molecule has 0 aliphatic carbocycles. The zero-order valence-electron chi connectivity index (χ0n) is 20.0. The predicted molar refractivity (Wildman–Crippen MR) is 132 cm³/mol. The zero-order chi connectivity index (χ0) is 24.1. The number of aromatic nitrogens is 1. The molecular formula is C24H30ClN3O6. The van der Waals surface area contributed by atoms with E-state index in [1.54, 1.807) is 44.7 Å². The van der Waals surface area contributed by atoms with Crippen molar-refractivity contribution in [3.63, 3.8) is 0 Å². The number of amides is 1. The van der Waals surface area contributed by atoms with Gasteiger partial charge in [-0.1, -0.05) is 31.1 Å². The Hall–Kier alpha value is -3.43. The third-order valence-corrected chi connectivity index (χ3v) is 5.29. The number of rotatable bonds is 9. The largest absolute Gasteiger partial charge is 0.494 e. The molecule has 0 saturated heterocycles. The van der Waals surface area contributed by atoms with Crippen LogP contribution in [0.2, 0.25) is 0 Å². The lowest BCUT2D eigenvalue weighted by Gasteiger charge is -2.18. The second-order valence-electron chi connectivity index (χ2n) is 7.63. The first-order valence-corrected chi connectivity index (χ1v) is 10.3. The number of carbonyl (C=O) groups excluding carboxylic acids is 1. The van der Waals surface area contributed by atoms with Gasteiger partial charge in [0.2, 0.25) is 11.7 Å². The monoisotopic (exact) mass is 491 g/mol. The maximum atomic E-state index is 12.5. The highest BCUT2D eigenvalue weighted by molar-refractivity contribution is 5.98. The van der Waals surface area contributed by atoms with E-state index >= 15 is 0 Å². The molecule has 1 atom stereocenters. The highest BCUT2D eigenvalue weighted by Gasteiger charge is 2.24. The summed E-state index contributed by atoms with van der Waals surface area (Å²) >= 11 is 0. The minimum Gasteiger partial charge on any atom is -0.494 e. The second kappa shape index (κ2) is 11.6. The van der Waals surface area contributed by atoms with E-state index in [9.17, 15) is 4.79 Å². The van der Waals surface area contributed by atoms with E-state index in [1.165, 1.54) is 14.2 Å². The lowest BCUT2D eigenvalue weighted by Crippen LogP contribution is -2.39. The molecule has 0 fully saturated rings. The minimum absolute atomic E-state index is 0. The SMILES string of the molecule is COc1cc(-c2oncc2-c2cccc(NC(=O)C(N)C(C)C)c2OC)cc(OC)c1OC.Cl. The first-order chi connectivity index (χ1) is 15.9. The van der Waals surface area contributed by atoms with Crippen molar-refractivity contribution in [1.82, 2.24) is 5.16 Å². The number of nitrogens with zero attached hydrogens (tertiary/aromatic N) is 1. The van der Waals surface area contributed by atoms with Crippen LogP contribution in [0.25, 0.3) is 22.5 Å². The summed E-state index contributed by atoms with van der Waals surface area (Å²) in [7, 11) is 6.15. The molecule has 184 valence electrons. The summed E-state index contributed by atoms with van der Waals surface area (Å²) in [5, 5.41) is 6.85. The second-order valence-corrected chi connectivity index (χ2v) is 7.63. The van der Waals surface area contributed by atoms with Crippen LogP contribution >= 0.6 is 12.4 Å². The molecule has 0 saturated carbocycles. The molecule has 9 nitrogen and oxygen atoms in total. The Labute approximate surface area is 204 Å². The Kier molecular flexibility index (Phi) is 9.17. The molecule has 10 heteroatoms. The fraction of sp³-hybridized carbons (Fsp3) is 0.333. The summed E-state index contributed by atoms with van der Waals surface area (Å²) in [4.78, 5) is 12.5. The lowest BCUT2D eigenvalue weighted by atomic mass is 9.99. The van der Waals surface area contributed by atoms with Crippen LogP contribution < -0.4 is 30.0 Å². The van der Waals surface area contributed by atoms with Crippen LogP contribution in [-0.2, 0) is 4.79 Å². The number of para-hydroxylation sites is 1. The van der Waals surface area contributed by atoms with Crippen LogP contribution in [0, 0.1) is 5.92 Å². The van der Waals surface area contributed by atoms with Gasteiger partial charge in [-0.3, -0.25) is 4.79 Å². The number of ether oxygens (including phenoxy) is 4. The molecule has 1 amide bonds. The topological polar surface area (TPSA) is 118 Å². The number of methoxy groups -OCH3 is 4. The average molecular weight is 492 g/mol. The van der Waals surface area contributed by atoms with Gasteiger partial charge in [0.15, 0.2) is 17.3 Å². The van der Waals surface area contributed by atoms with E-state index in [0.29, 0.717) is 51.1 Å². The van der Waals surface area contributed by atoms with Gasteiger partial charge in [-0.2, -0.15) is 0 Å². The van der Waals surface area contributed by atoms with Crippen LogP contribution in [0.5, 0.6) is 23.0 Å². The molecule has 0 aliphatic rings. The predicted octanol–water partition coefficient (Wildman–Crippen LogP) is 4.39. The third-order valence-electron chi connectivity index (χ3n) is 5.29. The van der Waals surface area contributed by atoms with E-state index in [-0.39, 0.29) is 24.2 Å². The third kappa shape index (κ3) is 5.21. The number of benzene rings is 2. The number of carbonyl (C=O) groups is 1. The molecular weight excluding hydrogens is 462 g/mol. The highest BCUT2D eigenvalue weighted by Crippen LogP contribution is 2.45. The van der Waals surface area contributed by atoms with Crippen LogP contribution in [0.4, 0.5) is 5.69 Å². The standard InChI is InChI=1S/C24H29N3O6.ClH/c1-13(2)20(25)24(28)27-17-9-7-8-15(22(17)31-5)16-12-26-33-21(16)14-10-18(29-3)23(32-6)19(11-14)30-4;/h7-13,20H,25H2,1-6H3,(H,27,28);1H. The number of nitrogens with one attached hydrogen (secondary N) is 1. The smallest absolute Gasteiger partial charge is 0.241 e. The van der Waals surface area contributed by atoms with Gasteiger partial charge in [-0.15, -0.1) is 12.4 Å².